The zero-order chi connectivity index (χ0) is 52.8. The number of aromatic hydroxyl groups is 1. The van der Waals surface area contributed by atoms with Crippen LogP contribution in [0.2, 0.25) is 0 Å². The highest BCUT2D eigenvalue weighted by Gasteiger charge is 2.35. The Bertz CT molecular complexity index is 1850. The van der Waals surface area contributed by atoms with Crippen LogP contribution in [-0.2, 0) is 40.0 Å². The number of phenols is 1. The van der Waals surface area contributed by atoms with E-state index in [4.69, 9.17) is 45.9 Å². The largest absolute Gasteiger partial charge is 0.508 e. The molecule has 0 fully saturated rings. The number of aliphatic hydroxyl groups is 2. The van der Waals surface area contributed by atoms with Crippen LogP contribution in [0.1, 0.15) is 89.5 Å². The molecule has 70 heavy (non-hydrogen) atoms. The molecule has 1 rings (SSSR count). The number of rotatable bonds is 36. The molecular formula is C43H78N16O11. The van der Waals surface area contributed by atoms with Gasteiger partial charge in [0.2, 0.25) is 35.4 Å². The molecule has 26 N–H and O–H groups in total. The predicted molar refractivity (Wildman–Crippen MR) is 261 cm³/mol. The smallest absolute Gasteiger partial charge is 0.326 e. The molecule has 0 spiro atoms. The third kappa shape index (κ3) is 25.3. The number of hydrogen-bond acceptors (Lipinski definition) is 16. The van der Waals surface area contributed by atoms with E-state index in [0.29, 0.717) is 37.8 Å². The molecule has 1 aromatic carbocycles. The van der Waals surface area contributed by atoms with Crippen LogP contribution < -0.4 is 77.8 Å². The van der Waals surface area contributed by atoms with Gasteiger partial charge in [-0.25, -0.2) is 4.79 Å². The molecule has 6 amide bonds. The fourth-order valence-electron chi connectivity index (χ4n) is 6.81. The number of benzene rings is 1. The molecule has 0 aromatic heterocycles. The molecule has 27 nitrogen and oxygen atoms in total. The number of aliphatic hydroxyl groups excluding tert-OH is 2. The number of carboxylic acid groups (broad SMARTS) is 1. The zero-order valence-electron chi connectivity index (χ0n) is 39.9. The average molecular weight is 995 g/mol. The van der Waals surface area contributed by atoms with Gasteiger partial charge in [0.25, 0.3) is 0 Å². The van der Waals surface area contributed by atoms with Gasteiger partial charge >= 0.3 is 5.97 Å². The molecule has 0 radical (unpaired) electrons. The van der Waals surface area contributed by atoms with Gasteiger partial charge in [-0.3, -0.25) is 38.8 Å². The Morgan fingerprint density at radius 1 is 0.543 bits per heavy atom. The van der Waals surface area contributed by atoms with Gasteiger partial charge in [0.05, 0.1) is 18.2 Å². The molecular weight excluding hydrogens is 917 g/mol. The standard InChI is InChI=1S/C43H78N16O11/c1-24(60)34(40(68)56-30(10-6-18-45)36(64)54-29(9-2-4-17-44)37(65)58-33(41(69)70)22-25-12-14-26(61)15-13-25)59-38(66)31(11-7-19-46)55-39(67)32(23-27(62)16-21-53-43(50)51)57-35(63)28(47)8-3-5-20-52-42(48)49/h12-15,24,27-34,60-62H,2-11,16-23,44-47H2,1H3,(H,54,64)(H,55,67)(H,56,68)(H,57,63)(H,58,65)(H,59,66)(H,69,70)(H4,48,49,52)(H4,50,51,53). The minimum atomic E-state index is -1.73. The highest BCUT2D eigenvalue weighted by atomic mass is 16.4. The molecule has 9 atom stereocenters. The number of nitrogens with two attached hydrogens (primary N) is 8. The SMILES string of the molecule is CC(O)C(NC(=O)C(CCCN)NC(=O)C(CC(O)CCN=C(N)N)NC(=O)C(N)CCCCN=C(N)N)C(=O)NC(CCCN)C(=O)NC(CCCCN)C(=O)NC(Cc1ccc(O)cc1)C(=O)O. The van der Waals surface area contributed by atoms with Gasteiger partial charge in [-0.2, -0.15) is 0 Å². The number of carbonyl (C=O) groups excluding carboxylic acids is 6. The number of aliphatic imine (C=N–C) groups is 2. The van der Waals surface area contributed by atoms with Crippen molar-refractivity contribution >= 4 is 53.3 Å². The van der Waals surface area contributed by atoms with E-state index in [9.17, 15) is 54.0 Å². The van der Waals surface area contributed by atoms with Crippen molar-refractivity contribution in [3.63, 3.8) is 0 Å². The molecule has 0 aliphatic carbocycles. The van der Waals surface area contributed by atoms with Crippen LogP contribution in [0.3, 0.4) is 0 Å². The first-order chi connectivity index (χ1) is 33.1. The van der Waals surface area contributed by atoms with Gasteiger partial charge in [-0.15, -0.1) is 0 Å². The number of hydrogen-bond donors (Lipinski definition) is 18. The summed E-state index contributed by atoms with van der Waals surface area (Å²) in [5, 5.41) is 56.2. The second kappa shape index (κ2) is 34.0. The lowest BCUT2D eigenvalue weighted by Crippen LogP contribution is -2.61. The first-order valence-corrected chi connectivity index (χ1v) is 23.3. The Hall–Kier alpha value is -6.39. The van der Waals surface area contributed by atoms with Crippen molar-refractivity contribution in [2.24, 2.45) is 55.9 Å². The Kier molecular flexibility index (Phi) is 29.9. The van der Waals surface area contributed by atoms with Gasteiger partial charge in [-0.05, 0) is 115 Å². The second-order valence-electron chi connectivity index (χ2n) is 16.8. The highest BCUT2D eigenvalue weighted by molar-refractivity contribution is 5.97. The molecule has 0 saturated carbocycles. The van der Waals surface area contributed by atoms with Crippen molar-refractivity contribution in [1.29, 1.82) is 0 Å². The predicted octanol–water partition coefficient (Wildman–Crippen LogP) is -5.90. The van der Waals surface area contributed by atoms with Crippen molar-refractivity contribution in [1.82, 2.24) is 31.9 Å². The first-order valence-electron chi connectivity index (χ1n) is 23.3. The second-order valence-corrected chi connectivity index (χ2v) is 16.8. The van der Waals surface area contributed by atoms with Crippen LogP contribution in [0, 0.1) is 0 Å². The fraction of sp³-hybridized carbons (Fsp3) is 0.651. The summed E-state index contributed by atoms with van der Waals surface area (Å²) in [6.07, 6.45) is -1.12. The number of carbonyl (C=O) groups is 7. The maximum atomic E-state index is 13.9. The minimum Gasteiger partial charge on any atom is -0.508 e. The number of aliphatic carboxylic acids is 1. The van der Waals surface area contributed by atoms with Crippen LogP contribution in [-0.4, -0.2) is 161 Å². The third-order valence-electron chi connectivity index (χ3n) is 10.7. The maximum Gasteiger partial charge on any atom is 0.326 e. The number of guanidine groups is 2. The first kappa shape index (κ1) is 61.6. The Morgan fingerprint density at radius 2 is 0.986 bits per heavy atom. The van der Waals surface area contributed by atoms with E-state index in [1.807, 2.05) is 0 Å². The van der Waals surface area contributed by atoms with Crippen molar-refractivity contribution < 1.29 is 54.0 Å². The quantitative estimate of drug-likeness (QED) is 0.0169. The fourth-order valence-corrected chi connectivity index (χ4v) is 6.81. The molecule has 27 heteroatoms. The molecule has 1 aromatic rings. The van der Waals surface area contributed by atoms with Crippen molar-refractivity contribution in [3.05, 3.63) is 29.8 Å². The van der Waals surface area contributed by atoms with E-state index in [1.165, 1.54) is 31.2 Å². The molecule has 9 unspecified atom stereocenters. The summed E-state index contributed by atoms with van der Waals surface area (Å²) >= 11 is 0. The van der Waals surface area contributed by atoms with Crippen molar-refractivity contribution in [2.45, 2.75) is 145 Å². The molecule has 0 saturated heterocycles. The van der Waals surface area contributed by atoms with E-state index in [0.717, 1.165) is 0 Å². The number of unbranched alkanes of at least 4 members (excludes halogenated alkanes) is 2. The Balaban J connectivity index is 3.34. The molecule has 396 valence electrons. The van der Waals surface area contributed by atoms with Gasteiger partial charge in [0, 0.05) is 25.9 Å². The number of nitrogens with one attached hydrogen (secondary N) is 6. The van der Waals surface area contributed by atoms with Gasteiger partial charge in [0.1, 0.15) is 42.0 Å². The molecule has 0 heterocycles. The lowest BCUT2D eigenvalue weighted by molar-refractivity contribution is -0.142. The topological polar surface area (TPSA) is 505 Å². The van der Waals surface area contributed by atoms with Crippen LogP contribution in [0.15, 0.2) is 34.3 Å². The van der Waals surface area contributed by atoms with Crippen molar-refractivity contribution in [2.75, 3.05) is 32.7 Å². The Morgan fingerprint density at radius 3 is 1.49 bits per heavy atom. The summed E-state index contributed by atoms with van der Waals surface area (Å²) in [5.41, 5.74) is 45.2. The summed E-state index contributed by atoms with van der Waals surface area (Å²) < 4.78 is 0. The Labute approximate surface area is 407 Å². The van der Waals surface area contributed by atoms with E-state index < -0.39 is 95.9 Å². The van der Waals surface area contributed by atoms with E-state index >= 15 is 0 Å². The van der Waals surface area contributed by atoms with E-state index in [2.05, 4.69) is 41.9 Å². The normalized spacial score (nSPS) is 14.9. The van der Waals surface area contributed by atoms with Gasteiger partial charge < -0.3 is 98.2 Å². The summed E-state index contributed by atoms with van der Waals surface area (Å²) in [7, 11) is 0. The van der Waals surface area contributed by atoms with Crippen LogP contribution >= 0.6 is 0 Å². The van der Waals surface area contributed by atoms with Gasteiger partial charge in [0.15, 0.2) is 11.9 Å². The molecule has 0 aliphatic heterocycles. The number of phenolic OH excluding ortho intramolecular Hbond substituents is 1. The van der Waals surface area contributed by atoms with E-state index in [-0.39, 0.29) is 102 Å². The third-order valence-corrected chi connectivity index (χ3v) is 10.7. The van der Waals surface area contributed by atoms with Crippen LogP contribution in [0.25, 0.3) is 0 Å². The number of carboxylic acids is 1. The monoisotopic (exact) mass is 995 g/mol. The molecule has 0 aliphatic rings. The van der Waals surface area contributed by atoms with Crippen molar-refractivity contribution in [3.8, 4) is 5.75 Å². The van der Waals surface area contributed by atoms with Crippen LogP contribution in [0.5, 0.6) is 5.75 Å². The lowest BCUT2D eigenvalue weighted by Gasteiger charge is -2.29. The summed E-state index contributed by atoms with van der Waals surface area (Å²) in [6.45, 7) is 1.90. The lowest BCUT2D eigenvalue weighted by atomic mass is 10.0. The highest BCUT2D eigenvalue weighted by Crippen LogP contribution is 2.13. The van der Waals surface area contributed by atoms with Gasteiger partial charge in [-0.1, -0.05) is 12.1 Å². The molecule has 0 bridgehead atoms. The number of amides is 6. The maximum absolute atomic E-state index is 13.9. The summed E-state index contributed by atoms with van der Waals surface area (Å²) in [6, 6.07) is -4.05. The summed E-state index contributed by atoms with van der Waals surface area (Å²) in [4.78, 5) is 102. The zero-order valence-corrected chi connectivity index (χ0v) is 39.9. The number of nitrogens with zero attached hydrogens (tertiary/aromatic N) is 2. The average Bonchev–Trinajstić information content (AvgIpc) is 3.29. The van der Waals surface area contributed by atoms with Crippen LogP contribution in [0.4, 0.5) is 0 Å². The van der Waals surface area contributed by atoms with E-state index in [1.54, 1.807) is 0 Å². The minimum absolute atomic E-state index is 0.0128. The summed E-state index contributed by atoms with van der Waals surface area (Å²) in [5.74, 6) is -7.05.